The third-order valence-electron chi connectivity index (χ3n) is 3.86. The molecule has 0 N–H and O–H groups in total. The Morgan fingerprint density at radius 3 is 2.60 bits per heavy atom. The first-order valence-electron chi connectivity index (χ1n) is 6.15. The predicted octanol–water partition coefficient (Wildman–Crippen LogP) is 3.33. The summed E-state index contributed by atoms with van der Waals surface area (Å²) in [6.07, 6.45) is 5.51. The van der Waals surface area contributed by atoms with Crippen LogP contribution in [-0.2, 0) is 0 Å². The number of nitrogens with zero attached hydrogens (tertiary/aromatic N) is 1. The molecule has 0 aromatic heterocycles. The van der Waals surface area contributed by atoms with Gasteiger partial charge < -0.3 is 0 Å². The van der Waals surface area contributed by atoms with Crippen LogP contribution in [0.15, 0.2) is 24.3 Å². The molecule has 0 amide bonds. The van der Waals surface area contributed by atoms with Crippen molar-refractivity contribution in [1.82, 2.24) is 4.90 Å². The van der Waals surface area contributed by atoms with Gasteiger partial charge in [-0.3, -0.25) is 4.90 Å². The fraction of sp³-hybridized carbons (Fsp3) is 0.571. The van der Waals surface area contributed by atoms with Gasteiger partial charge in [0.25, 0.3) is 0 Å². The number of likely N-dealkylation sites (tertiary alicyclic amines) is 1. The van der Waals surface area contributed by atoms with E-state index in [4.69, 9.17) is 0 Å². The standard InChI is InChI=1S/C14H19N/c1-15-9-3-6-14(15)13-5-2-4-12(10-13)11-7-8-11/h2,4-5,10-11,14H,3,6-9H2,1H3. The zero-order valence-electron chi connectivity index (χ0n) is 9.45. The zero-order chi connectivity index (χ0) is 10.3. The van der Waals surface area contributed by atoms with Crippen LogP contribution in [-0.4, -0.2) is 18.5 Å². The van der Waals surface area contributed by atoms with Gasteiger partial charge in [-0.05, 0) is 56.3 Å². The fourth-order valence-corrected chi connectivity index (χ4v) is 2.77. The maximum atomic E-state index is 2.49. The van der Waals surface area contributed by atoms with Gasteiger partial charge in [0.15, 0.2) is 0 Å². The molecular weight excluding hydrogens is 182 g/mol. The second-order valence-electron chi connectivity index (χ2n) is 5.08. The molecule has 1 saturated carbocycles. The lowest BCUT2D eigenvalue weighted by Crippen LogP contribution is -2.17. The Kier molecular flexibility index (Phi) is 2.28. The predicted molar refractivity (Wildman–Crippen MR) is 63.0 cm³/mol. The van der Waals surface area contributed by atoms with Gasteiger partial charge >= 0.3 is 0 Å². The van der Waals surface area contributed by atoms with Crippen LogP contribution in [0.4, 0.5) is 0 Å². The maximum absolute atomic E-state index is 2.49. The Morgan fingerprint density at radius 2 is 1.93 bits per heavy atom. The molecule has 2 aliphatic rings. The summed E-state index contributed by atoms with van der Waals surface area (Å²) in [5, 5.41) is 0. The first kappa shape index (κ1) is 9.41. The molecule has 1 aliphatic carbocycles. The number of benzene rings is 1. The van der Waals surface area contributed by atoms with Crippen LogP contribution in [0.1, 0.15) is 48.8 Å². The third-order valence-corrected chi connectivity index (χ3v) is 3.86. The Labute approximate surface area is 92.1 Å². The highest BCUT2D eigenvalue weighted by atomic mass is 15.1. The van der Waals surface area contributed by atoms with Crippen LogP contribution in [0.3, 0.4) is 0 Å². The number of hydrogen-bond acceptors (Lipinski definition) is 1. The van der Waals surface area contributed by atoms with E-state index >= 15 is 0 Å². The van der Waals surface area contributed by atoms with Gasteiger partial charge in [0, 0.05) is 6.04 Å². The topological polar surface area (TPSA) is 3.24 Å². The summed E-state index contributed by atoms with van der Waals surface area (Å²) >= 11 is 0. The Balaban J connectivity index is 1.87. The van der Waals surface area contributed by atoms with Gasteiger partial charge in [-0.25, -0.2) is 0 Å². The average Bonchev–Trinajstić information content (AvgIpc) is 3.02. The summed E-state index contributed by atoms with van der Waals surface area (Å²) < 4.78 is 0. The normalized spacial score (nSPS) is 27.1. The molecule has 0 spiro atoms. The molecule has 1 saturated heterocycles. The first-order chi connectivity index (χ1) is 7.34. The average molecular weight is 201 g/mol. The van der Waals surface area contributed by atoms with E-state index in [1.54, 1.807) is 11.1 Å². The highest BCUT2D eigenvalue weighted by Crippen LogP contribution is 2.41. The van der Waals surface area contributed by atoms with Crippen LogP contribution in [0, 0.1) is 0 Å². The van der Waals surface area contributed by atoms with E-state index in [0.717, 1.165) is 5.92 Å². The van der Waals surface area contributed by atoms with E-state index in [1.165, 1.54) is 32.2 Å². The van der Waals surface area contributed by atoms with Crippen molar-refractivity contribution in [3.8, 4) is 0 Å². The molecule has 80 valence electrons. The molecule has 1 heterocycles. The molecule has 1 aromatic carbocycles. The molecule has 1 heteroatoms. The van der Waals surface area contributed by atoms with Gasteiger partial charge in [-0.1, -0.05) is 24.3 Å². The molecule has 1 aromatic rings. The van der Waals surface area contributed by atoms with Gasteiger partial charge in [-0.15, -0.1) is 0 Å². The molecule has 2 fully saturated rings. The van der Waals surface area contributed by atoms with Crippen molar-refractivity contribution in [2.45, 2.75) is 37.6 Å². The summed E-state index contributed by atoms with van der Waals surface area (Å²) in [5.74, 6) is 0.886. The molecule has 3 rings (SSSR count). The summed E-state index contributed by atoms with van der Waals surface area (Å²) in [5.41, 5.74) is 3.12. The van der Waals surface area contributed by atoms with Crippen molar-refractivity contribution in [3.63, 3.8) is 0 Å². The fourth-order valence-electron chi connectivity index (χ4n) is 2.77. The van der Waals surface area contributed by atoms with Crippen LogP contribution in [0.25, 0.3) is 0 Å². The van der Waals surface area contributed by atoms with Crippen LogP contribution in [0.5, 0.6) is 0 Å². The lowest BCUT2D eigenvalue weighted by molar-refractivity contribution is 0.317. The summed E-state index contributed by atoms with van der Waals surface area (Å²) in [6.45, 7) is 1.26. The minimum absolute atomic E-state index is 0.684. The van der Waals surface area contributed by atoms with Crippen LogP contribution in [0.2, 0.25) is 0 Å². The van der Waals surface area contributed by atoms with Crippen molar-refractivity contribution in [2.75, 3.05) is 13.6 Å². The minimum atomic E-state index is 0.684. The van der Waals surface area contributed by atoms with E-state index in [-0.39, 0.29) is 0 Å². The van der Waals surface area contributed by atoms with Crippen molar-refractivity contribution >= 4 is 0 Å². The summed E-state index contributed by atoms with van der Waals surface area (Å²) in [6, 6.07) is 9.98. The second kappa shape index (κ2) is 3.64. The monoisotopic (exact) mass is 201 g/mol. The lowest BCUT2D eigenvalue weighted by atomic mass is 10.0. The molecule has 0 bridgehead atoms. The summed E-state index contributed by atoms with van der Waals surface area (Å²) in [7, 11) is 2.25. The Hall–Kier alpha value is -0.820. The molecule has 1 atom stereocenters. The number of rotatable bonds is 2. The van der Waals surface area contributed by atoms with E-state index in [2.05, 4.69) is 36.2 Å². The van der Waals surface area contributed by atoms with Crippen molar-refractivity contribution in [2.24, 2.45) is 0 Å². The van der Waals surface area contributed by atoms with Crippen LogP contribution >= 0.6 is 0 Å². The second-order valence-corrected chi connectivity index (χ2v) is 5.08. The molecular formula is C14H19N. The Morgan fingerprint density at radius 1 is 1.13 bits per heavy atom. The minimum Gasteiger partial charge on any atom is -0.299 e. The maximum Gasteiger partial charge on any atom is 0.0345 e. The van der Waals surface area contributed by atoms with Crippen LogP contribution < -0.4 is 0 Å². The van der Waals surface area contributed by atoms with Gasteiger partial charge in [-0.2, -0.15) is 0 Å². The van der Waals surface area contributed by atoms with E-state index < -0.39 is 0 Å². The number of hydrogen-bond donors (Lipinski definition) is 0. The molecule has 15 heavy (non-hydrogen) atoms. The van der Waals surface area contributed by atoms with Gasteiger partial charge in [0.2, 0.25) is 0 Å². The highest BCUT2D eigenvalue weighted by Gasteiger charge is 2.26. The first-order valence-corrected chi connectivity index (χ1v) is 6.15. The van der Waals surface area contributed by atoms with Crippen molar-refractivity contribution in [3.05, 3.63) is 35.4 Å². The van der Waals surface area contributed by atoms with Gasteiger partial charge in [0.05, 0.1) is 0 Å². The smallest absolute Gasteiger partial charge is 0.0345 e. The molecule has 1 aliphatic heterocycles. The van der Waals surface area contributed by atoms with Crippen molar-refractivity contribution in [1.29, 1.82) is 0 Å². The summed E-state index contributed by atoms with van der Waals surface area (Å²) in [4.78, 5) is 2.49. The van der Waals surface area contributed by atoms with Gasteiger partial charge in [0.1, 0.15) is 0 Å². The molecule has 1 nitrogen and oxygen atoms in total. The van der Waals surface area contributed by atoms with E-state index in [9.17, 15) is 0 Å². The quantitative estimate of drug-likeness (QED) is 0.709. The van der Waals surface area contributed by atoms with Crippen molar-refractivity contribution < 1.29 is 0 Å². The van der Waals surface area contributed by atoms with E-state index in [1.807, 2.05) is 0 Å². The lowest BCUT2D eigenvalue weighted by Gasteiger charge is -2.20. The zero-order valence-corrected chi connectivity index (χ0v) is 9.45. The highest BCUT2D eigenvalue weighted by molar-refractivity contribution is 5.31. The third kappa shape index (κ3) is 1.81. The largest absolute Gasteiger partial charge is 0.299 e. The van der Waals surface area contributed by atoms with E-state index in [0.29, 0.717) is 6.04 Å². The SMILES string of the molecule is CN1CCCC1c1cccc(C2CC2)c1. The molecule has 1 unspecified atom stereocenters. The Bertz CT molecular complexity index is 354. The molecule has 0 radical (unpaired) electrons.